The summed E-state index contributed by atoms with van der Waals surface area (Å²) in [6.45, 7) is 2.52. The zero-order chi connectivity index (χ0) is 21.5. The first-order chi connectivity index (χ1) is 14.3. The van der Waals surface area contributed by atoms with Crippen LogP contribution in [0.3, 0.4) is 0 Å². The molecule has 0 aromatic heterocycles. The van der Waals surface area contributed by atoms with E-state index in [2.05, 4.69) is 0 Å². The number of hydroxylamine groups is 2. The van der Waals surface area contributed by atoms with Crippen molar-refractivity contribution >= 4 is 27.8 Å². The largest absolute Gasteiger partial charge is 0.363 e. The molecule has 156 valence electrons. The lowest BCUT2D eigenvalue weighted by molar-refractivity contribution is -0.0584. The first kappa shape index (κ1) is 20.2. The standard InChI is InChI=1S/C21H20N2O6S/c1-14-9-10-15(13-18(14)30(27,28)22-11-5-2-6-12-22)21(26)29-23-19(24)16-7-3-4-8-17(16)20(23)25/h3-4,7-10,13H,2,5-6,11-12H2,1H3. The highest BCUT2D eigenvalue weighted by atomic mass is 32.2. The van der Waals surface area contributed by atoms with Gasteiger partial charge in [0.05, 0.1) is 21.6 Å². The predicted molar refractivity (Wildman–Crippen MR) is 106 cm³/mol. The van der Waals surface area contributed by atoms with Crippen LogP contribution < -0.4 is 0 Å². The molecule has 0 saturated carbocycles. The Morgan fingerprint density at radius 2 is 1.53 bits per heavy atom. The molecule has 2 heterocycles. The lowest BCUT2D eigenvalue weighted by Crippen LogP contribution is -2.36. The van der Waals surface area contributed by atoms with Crippen molar-refractivity contribution in [2.75, 3.05) is 13.1 Å². The fourth-order valence-electron chi connectivity index (χ4n) is 3.63. The smallest absolute Gasteiger partial charge is 0.324 e. The molecule has 2 amide bonds. The highest BCUT2D eigenvalue weighted by molar-refractivity contribution is 7.89. The summed E-state index contributed by atoms with van der Waals surface area (Å²) in [6.07, 6.45) is 2.57. The molecule has 9 heteroatoms. The van der Waals surface area contributed by atoms with Crippen molar-refractivity contribution in [1.29, 1.82) is 0 Å². The van der Waals surface area contributed by atoms with Crippen LogP contribution in [0.1, 0.15) is 55.9 Å². The molecule has 0 aliphatic carbocycles. The summed E-state index contributed by atoms with van der Waals surface area (Å²) in [5.74, 6) is -2.46. The van der Waals surface area contributed by atoms with Gasteiger partial charge in [-0.25, -0.2) is 13.2 Å². The van der Waals surface area contributed by atoms with Gasteiger partial charge in [-0.15, -0.1) is 0 Å². The van der Waals surface area contributed by atoms with Crippen LogP contribution in [0.2, 0.25) is 0 Å². The number of imide groups is 1. The van der Waals surface area contributed by atoms with Crippen LogP contribution in [0, 0.1) is 6.92 Å². The molecule has 2 aliphatic heterocycles. The Hall–Kier alpha value is -3.04. The average Bonchev–Trinajstić information content (AvgIpc) is 2.99. The summed E-state index contributed by atoms with van der Waals surface area (Å²) in [5.41, 5.74) is 0.728. The van der Waals surface area contributed by atoms with Gasteiger partial charge in [-0.05, 0) is 49.6 Å². The number of piperidine rings is 1. The molecule has 4 rings (SSSR count). The quantitative estimate of drug-likeness (QED) is 0.694. The molecule has 0 atom stereocenters. The van der Waals surface area contributed by atoms with Crippen LogP contribution in [0.25, 0.3) is 0 Å². The number of fused-ring (bicyclic) bond motifs is 1. The zero-order valence-electron chi connectivity index (χ0n) is 16.3. The summed E-state index contributed by atoms with van der Waals surface area (Å²) in [6, 6.07) is 10.3. The Balaban J connectivity index is 1.60. The Kier molecular flexibility index (Phi) is 5.17. The zero-order valence-corrected chi connectivity index (χ0v) is 17.1. The van der Waals surface area contributed by atoms with Gasteiger partial charge in [-0.2, -0.15) is 4.31 Å². The van der Waals surface area contributed by atoms with Crippen molar-refractivity contribution in [3.8, 4) is 0 Å². The SMILES string of the molecule is Cc1ccc(C(=O)ON2C(=O)c3ccccc3C2=O)cc1S(=O)(=O)N1CCCCC1. The second kappa shape index (κ2) is 7.66. The summed E-state index contributed by atoms with van der Waals surface area (Å²) in [4.78, 5) is 42.5. The molecule has 0 bridgehead atoms. The normalized spacial score (nSPS) is 17.2. The molecule has 2 aromatic carbocycles. The lowest BCUT2D eigenvalue weighted by Gasteiger charge is -2.26. The van der Waals surface area contributed by atoms with Crippen LogP contribution in [-0.4, -0.2) is 48.7 Å². The minimum Gasteiger partial charge on any atom is -0.324 e. The van der Waals surface area contributed by atoms with Gasteiger partial charge < -0.3 is 4.84 Å². The number of aryl methyl sites for hydroxylation is 1. The summed E-state index contributed by atoms with van der Waals surface area (Å²) in [7, 11) is -3.76. The van der Waals surface area contributed by atoms with Gasteiger partial charge in [0.2, 0.25) is 10.0 Å². The van der Waals surface area contributed by atoms with Crippen molar-refractivity contribution in [2.24, 2.45) is 0 Å². The Labute approximate surface area is 174 Å². The molecule has 2 aromatic rings. The maximum absolute atomic E-state index is 13.0. The van der Waals surface area contributed by atoms with Gasteiger partial charge in [-0.1, -0.05) is 29.7 Å². The first-order valence-corrected chi connectivity index (χ1v) is 11.1. The number of carbonyl (C=O) groups is 3. The van der Waals surface area contributed by atoms with E-state index < -0.39 is 27.8 Å². The Bertz CT molecular complexity index is 1120. The fraction of sp³-hybridized carbons (Fsp3) is 0.286. The molecule has 30 heavy (non-hydrogen) atoms. The molecule has 1 fully saturated rings. The maximum Gasteiger partial charge on any atom is 0.363 e. The second-order valence-electron chi connectivity index (χ2n) is 7.27. The number of carbonyl (C=O) groups excluding carboxylic acids is 3. The van der Waals surface area contributed by atoms with Crippen molar-refractivity contribution in [3.63, 3.8) is 0 Å². The van der Waals surface area contributed by atoms with E-state index in [1.165, 1.54) is 34.6 Å². The number of sulfonamides is 1. The summed E-state index contributed by atoms with van der Waals surface area (Å²) >= 11 is 0. The molecule has 0 spiro atoms. The van der Waals surface area contributed by atoms with Crippen molar-refractivity contribution in [1.82, 2.24) is 9.37 Å². The Morgan fingerprint density at radius 1 is 0.933 bits per heavy atom. The van der Waals surface area contributed by atoms with E-state index in [0.717, 1.165) is 19.3 Å². The third kappa shape index (κ3) is 3.40. The van der Waals surface area contributed by atoms with E-state index in [4.69, 9.17) is 4.84 Å². The maximum atomic E-state index is 13.0. The third-order valence-corrected chi connectivity index (χ3v) is 7.33. The second-order valence-corrected chi connectivity index (χ2v) is 9.18. The van der Waals surface area contributed by atoms with Gasteiger partial charge in [0.1, 0.15) is 0 Å². The van der Waals surface area contributed by atoms with E-state index in [-0.39, 0.29) is 21.6 Å². The number of hydrogen-bond donors (Lipinski definition) is 0. The average molecular weight is 428 g/mol. The highest BCUT2D eigenvalue weighted by Crippen LogP contribution is 2.26. The number of nitrogens with zero attached hydrogens (tertiary/aromatic N) is 2. The van der Waals surface area contributed by atoms with Crippen molar-refractivity contribution < 1.29 is 27.6 Å². The van der Waals surface area contributed by atoms with Crippen LogP contribution in [-0.2, 0) is 14.9 Å². The molecule has 0 unspecified atom stereocenters. The van der Waals surface area contributed by atoms with Gasteiger partial charge in [0.25, 0.3) is 11.8 Å². The summed E-state index contributed by atoms with van der Waals surface area (Å²) < 4.78 is 27.5. The number of rotatable bonds is 4. The van der Waals surface area contributed by atoms with Gasteiger partial charge >= 0.3 is 5.97 Å². The minimum absolute atomic E-state index is 0.0150. The van der Waals surface area contributed by atoms with Crippen molar-refractivity contribution in [3.05, 3.63) is 64.7 Å². The molecular weight excluding hydrogens is 408 g/mol. The molecule has 0 radical (unpaired) electrons. The van der Waals surface area contributed by atoms with E-state index in [1.54, 1.807) is 19.1 Å². The number of hydrogen-bond acceptors (Lipinski definition) is 6. The van der Waals surface area contributed by atoms with E-state index in [1.807, 2.05) is 0 Å². The van der Waals surface area contributed by atoms with Crippen LogP contribution in [0.5, 0.6) is 0 Å². The number of amides is 2. The highest BCUT2D eigenvalue weighted by Gasteiger charge is 2.39. The van der Waals surface area contributed by atoms with E-state index in [0.29, 0.717) is 23.7 Å². The van der Waals surface area contributed by atoms with E-state index >= 15 is 0 Å². The molecule has 0 N–H and O–H groups in total. The minimum atomic E-state index is -3.76. The molecule has 8 nitrogen and oxygen atoms in total. The van der Waals surface area contributed by atoms with Gasteiger partial charge in [-0.3, -0.25) is 9.59 Å². The Morgan fingerprint density at radius 3 is 2.13 bits per heavy atom. The lowest BCUT2D eigenvalue weighted by atomic mass is 10.1. The molecule has 2 aliphatic rings. The monoisotopic (exact) mass is 428 g/mol. The van der Waals surface area contributed by atoms with E-state index in [9.17, 15) is 22.8 Å². The predicted octanol–water partition coefficient (Wildman–Crippen LogP) is 2.54. The fourth-order valence-corrected chi connectivity index (χ4v) is 5.40. The van der Waals surface area contributed by atoms with Crippen LogP contribution in [0.15, 0.2) is 47.4 Å². The molecule has 1 saturated heterocycles. The van der Waals surface area contributed by atoms with Crippen LogP contribution >= 0.6 is 0 Å². The first-order valence-electron chi connectivity index (χ1n) is 9.61. The third-order valence-electron chi connectivity index (χ3n) is 5.29. The van der Waals surface area contributed by atoms with Gasteiger partial charge in [0, 0.05) is 13.1 Å². The molecular formula is C21H20N2O6S. The van der Waals surface area contributed by atoms with Gasteiger partial charge in [0.15, 0.2) is 0 Å². The van der Waals surface area contributed by atoms with Crippen molar-refractivity contribution in [2.45, 2.75) is 31.1 Å². The van der Waals surface area contributed by atoms with Crippen LogP contribution in [0.4, 0.5) is 0 Å². The topological polar surface area (TPSA) is 101 Å². The summed E-state index contributed by atoms with van der Waals surface area (Å²) in [5, 5.41) is 0.408. The number of benzene rings is 2.